The predicted octanol–water partition coefficient (Wildman–Crippen LogP) is 3.10. The van der Waals surface area contributed by atoms with Gasteiger partial charge in [0.25, 0.3) is 11.8 Å². The van der Waals surface area contributed by atoms with Gasteiger partial charge in [0.05, 0.1) is 11.4 Å². The molecule has 1 aliphatic rings. The van der Waals surface area contributed by atoms with E-state index in [1.165, 1.54) is 10.4 Å². The fourth-order valence-electron chi connectivity index (χ4n) is 3.86. The highest BCUT2D eigenvalue weighted by Crippen LogP contribution is 2.17. The summed E-state index contributed by atoms with van der Waals surface area (Å²) < 4.78 is 0. The lowest BCUT2D eigenvalue weighted by molar-refractivity contribution is 0.0531. The van der Waals surface area contributed by atoms with Gasteiger partial charge in [-0.1, -0.05) is 35.4 Å². The van der Waals surface area contributed by atoms with Crippen molar-refractivity contribution in [3.05, 3.63) is 76.1 Å². The second-order valence-electron chi connectivity index (χ2n) is 8.16. The molecule has 1 aliphatic heterocycles. The molecule has 0 unspecified atom stereocenters. The number of aromatic nitrogens is 3. The first-order chi connectivity index (χ1) is 14.8. The van der Waals surface area contributed by atoms with Crippen molar-refractivity contribution in [2.24, 2.45) is 0 Å². The predicted molar refractivity (Wildman–Crippen MR) is 119 cm³/mol. The molecule has 0 saturated carbocycles. The van der Waals surface area contributed by atoms with Crippen LogP contribution < -0.4 is 0 Å². The van der Waals surface area contributed by atoms with Crippen molar-refractivity contribution in [3.8, 4) is 5.69 Å². The molecule has 0 bridgehead atoms. The maximum atomic E-state index is 13.1. The fraction of sp³-hybridized carbons (Fsp3) is 0.333. The van der Waals surface area contributed by atoms with Crippen molar-refractivity contribution in [2.45, 2.75) is 27.7 Å². The maximum absolute atomic E-state index is 13.1. The van der Waals surface area contributed by atoms with Crippen molar-refractivity contribution in [1.82, 2.24) is 24.8 Å². The van der Waals surface area contributed by atoms with Gasteiger partial charge in [-0.05, 0) is 51.5 Å². The molecule has 0 radical (unpaired) electrons. The number of benzene rings is 2. The van der Waals surface area contributed by atoms with Crippen LogP contribution in [0.15, 0.2) is 42.5 Å². The van der Waals surface area contributed by atoms with Gasteiger partial charge >= 0.3 is 0 Å². The van der Waals surface area contributed by atoms with Crippen molar-refractivity contribution in [3.63, 3.8) is 0 Å². The first-order valence-electron chi connectivity index (χ1n) is 10.5. The molecular weight excluding hydrogens is 390 g/mol. The van der Waals surface area contributed by atoms with Crippen LogP contribution in [0, 0.1) is 27.7 Å². The summed E-state index contributed by atoms with van der Waals surface area (Å²) in [5.41, 5.74) is 5.84. The molecule has 2 aromatic carbocycles. The van der Waals surface area contributed by atoms with E-state index in [0.717, 1.165) is 16.8 Å². The molecule has 0 atom stereocenters. The molecule has 7 nitrogen and oxygen atoms in total. The highest BCUT2D eigenvalue weighted by atomic mass is 16.2. The first kappa shape index (κ1) is 20.8. The molecule has 0 N–H and O–H groups in total. The van der Waals surface area contributed by atoms with Crippen LogP contribution in [0.1, 0.15) is 43.2 Å². The topological polar surface area (TPSA) is 71.3 Å². The minimum atomic E-state index is -0.143. The van der Waals surface area contributed by atoms with Gasteiger partial charge in [-0.25, -0.2) is 0 Å². The Balaban J connectivity index is 1.45. The van der Waals surface area contributed by atoms with Crippen LogP contribution in [0.2, 0.25) is 0 Å². The summed E-state index contributed by atoms with van der Waals surface area (Å²) in [4.78, 5) is 30.9. The highest BCUT2D eigenvalue weighted by Gasteiger charge is 2.28. The van der Waals surface area contributed by atoms with Crippen LogP contribution in [0.4, 0.5) is 0 Å². The van der Waals surface area contributed by atoms with Gasteiger partial charge in [0, 0.05) is 31.7 Å². The highest BCUT2D eigenvalue weighted by molar-refractivity contribution is 5.95. The summed E-state index contributed by atoms with van der Waals surface area (Å²) in [7, 11) is 0. The van der Waals surface area contributed by atoms with Crippen LogP contribution in [0.5, 0.6) is 0 Å². The molecule has 160 valence electrons. The van der Waals surface area contributed by atoms with Crippen LogP contribution >= 0.6 is 0 Å². The fourth-order valence-corrected chi connectivity index (χ4v) is 3.86. The zero-order valence-corrected chi connectivity index (χ0v) is 18.4. The van der Waals surface area contributed by atoms with Gasteiger partial charge in [-0.2, -0.15) is 9.90 Å². The minimum Gasteiger partial charge on any atom is -0.335 e. The molecule has 1 aromatic heterocycles. The van der Waals surface area contributed by atoms with E-state index in [1.54, 1.807) is 16.7 Å². The number of piperazine rings is 1. The van der Waals surface area contributed by atoms with Gasteiger partial charge in [0.1, 0.15) is 0 Å². The lowest BCUT2D eigenvalue weighted by Crippen LogP contribution is -2.50. The van der Waals surface area contributed by atoms with Crippen molar-refractivity contribution < 1.29 is 9.59 Å². The van der Waals surface area contributed by atoms with Crippen LogP contribution in [-0.4, -0.2) is 62.8 Å². The summed E-state index contributed by atoms with van der Waals surface area (Å²) in [6.07, 6.45) is 0. The third-order valence-corrected chi connectivity index (χ3v) is 5.71. The molecule has 1 fully saturated rings. The smallest absolute Gasteiger partial charge is 0.276 e. The number of carbonyl (C=O) groups excluding carboxylic acids is 2. The molecule has 3 aromatic rings. The van der Waals surface area contributed by atoms with Crippen molar-refractivity contribution in [1.29, 1.82) is 0 Å². The Bertz CT molecular complexity index is 1130. The van der Waals surface area contributed by atoms with E-state index in [0.29, 0.717) is 43.1 Å². The van der Waals surface area contributed by atoms with E-state index in [9.17, 15) is 9.59 Å². The van der Waals surface area contributed by atoms with E-state index >= 15 is 0 Å². The van der Waals surface area contributed by atoms with Gasteiger partial charge < -0.3 is 9.80 Å². The Morgan fingerprint density at radius 3 is 1.94 bits per heavy atom. The molecular formula is C24H27N5O2. The number of aryl methyl sites for hydroxylation is 4. The van der Waals surface area contributed by atoms with E-state index in [-0.39, 0.29) is 11.8 Å². The lowest BCUT2D eigenvalue weighted by Gasteiger charge is -2.34. The number of rotatable bonds is 3. The zero-order valence-electron chi connectivity index (χ0n) is 18.4. The van der Waals surface area contributed by atoms with Crippen LogP contribution in [-0.2, 0) is 0 Å². The monoisotopic (exact) mass is 417 g/mol. The summed E-state index contributed by atoms with van der Waals surface area (Å²) in [6.45, 7) is 9.81. The average Bonchev–Trinajstić information content (AvgIpc) is 3.14. The SMILES string of the molecule is Cc1ccc(C(=O)N2CCN(C(=O)c3nn(-c4ccc(C)cc4C)nc3C)CC2)cc1. The third kappa shape index (κ3) is 4.21. The molecule has 2 heterocycles. The lowest BCUT2D eigenvalue weighted by atomic mass is 10.1. The molecule has 31 heavy (non-hydrogen) atoms. The number of hydrogen-bond acceptors (Lipinski definition) is 4. The molecule has 0 spiro atoms. The molecule has 0 aliphatic carbocycles. The number of amides is 2. The van der Waals surface area contributed by atoms with E-state index in [4.69, 9.17) is 0 Å². The quantitative estimate of drug-likeness (QED) is 0.657. The van der Waals surface area contributed by atoms with E-state index in [1.807, 2.05) is 57.2 Å². The van der Waals surface area contributed by atoms with Gasteiger partial charge in [-0.15, -0.1) is 5.10 Å². The molecule has 4 rings (SSSR count). The number of nitrogens with zero attached hydrogens (tertiary/aromatic N) is 5. The number of hydrogen-bond donors (Lipinski definition) is 0. The van der Waals surface area contributed by atoms with E-state index < -0.39 is 0 Å². The normalized spacial score (nSPS) is 14.1. The Labute approximate surface area is 182 Å². The molecule has 1 saturated heterocycles. The second kappa shape index (κ2) is 8.34. The van der Waals surface area contributed by atoms with Gasteiger partial charge in [0.15, 0.2) is 5.69 Å². The molecule has 2 amide bonds. The van der Waals surface area contributed by atoms with Crippen molar-refractivity contribution in [2.75, 3.05) is 26.2 Å². The second-order valence-corrected chi connectivity index (χ2v) is 8.16. The third-order valence-electron chi connectivity index (χ3n) is 5.71. The summed E-state index contributed by atoms with van der Waals surface area (Å²) in [5.74, 6) is -0.139. The van der Waals surface area contributed by atoms with Crippen LogP contribution in [0.3, 0.4) is 0 Å². The van der Waals surface area contributed by atoms with Crippen LogP contribution in [0.25, 0.3) is 5.69 Å². The van der Waals surface area contributed by atoms with Gasteiger partial charge in [-0.3, -0.25) is 9.59 Å². The summed E-state index contributed by atoms with van der Waals surface area (Å²) in [6, 6.07) is 13.6. The minimum absolute atomic E-state index is 0.00377. The first-order valence-corrected chi connectivity index (χ1v) is 10.5. The number of carbonyl (C=O) groups is 2. The summed E-state index contributed by atoms with van der Waals surface area (Å²) >= 11 is 0. The standard InChI is InChI=1S/C24H27N5O2/c1-16-5-8-20(9-6-16)23(30)27-11-13-28(14-12-27)24(31)22-19(4)25-29(26-22)21-10-7-17(2)15-18(21)3/h5-10,15H,11-14H2,1-4H3. The van der Waals surface area contributed by atoms with Gasteiger partial charge in [0.2, 0.25) is 0 Å². The van der Waals surface area contributed by atoms with Crippen molar-refractivity contribution >= 4 is 11.8 Å². The molecule has 7 heteroatoms. The Morgan fingerprint density at radius 2 is 1.32 bits per heavy atom. The largest absolute Gasteiger partial charge is 0.335 e. The Morgan fingerprint density at radius 1 is 0.742 bits per heavy atom. The Hall–Kier alpha value is -3.48. The summed E-state index contributed by atoms with van der Waals surface area (Å²) in [5, 5.41) is 8.96. The zero-order chi connectivity index (χ0) is 22.1. The van der Waals surface area contributed by atoms with E-state index in [2.05, 4.69) is 16.3 Å². The maximum Gasteiger partial charge on any atom is 0.276 e. The Kier molecular flexibility index (Phi) is 5.59. The average molecular weight is 418 g/mol.